The lowest BCUT2D eigenvalue weighted by Crippen LogP contribution is -2.74. The predicted molar refractivity (Wildman–Crippen MR) is 172 cm³/mol. The number of hydrogen-bond donors (Lipinski definition) is 2. The highest BCUT2D eigenvalue weighted by Gasteiger charge is 2.26. The average molecular weight is 609 g/mol. The molecule has 9 heteroatoms. The van der Waals surface area contributed by atoms with Crippen LogP contribution >= 0.6 is 0 Å². The first-order chi connectivity index (χ1) is 21.0. The van der Waals surface area contributed by atoms with E-state index in [1.165, 1.54) is 77.0 Å². The van der Waals surface area contributed by atoms with Crippen LogP contribution in [0.4, 0.5) is 0 Å². The minimum atomic E-state index is -0.523. The largest absolute Gasteiger partial charge is 0.464 e. The van der Waals surface area contributed by atoms with Crippen molar-refractivity contribution >= 4 is 24.2 Å². The molecule has 248 valence electrons. The molecule has 1 unspecified atom stereocenters. The van der Waals surface area contributed by atoms with E-state index in [1.807, 2.05) is 11.5 Å². The Morgan fingerprint density at radius 3 is 1.53 bits per heavy atom. The van der Waals surface area contributed by atoms with Gasteiger partial charge in [-0.05, 0) is 12.8 Å². The third kappa shape index (κ3) is 22.0. The van der Waals surface area contributed by atoms with Crippen LogP contribution in [0.2, 0.25) is 0 Å². The zero-order valence-corrected chi connectivity index (χ0v) is 27.6. The lowest BCUT2D eigenvalue weighted by molar-refractivity contribution is -0.448. The summed E-state index contributed by atoms with van der Waals surface area (Å²) in [5, 5.41) is 1.84. The summed E-state index contributed by atoms with van der Waals surface area (Å²) >= 11 is 0. The van der Waals surface area contributed by atoms with Crippen molar-refractivity contribution in [1.82, 2.24) is 4.90 Å². The number of nitrogens with two attached hydrogens (primary N) is 1. The van der Waals surface area contributed by atoms with Crippen molar-refractivity contribution in [2.24, 2.45) is 4.99 Å². The highest BCUT2D eigenvalue weighted by atomic mass is 16.5. The first kappa shape index (κ1) is 38.8. The molecule has 5 N–H and O–H groups in total. The molecule has 1 aliphatic heterocycles. The fourth-order valence-corrected chi connectivity index (χ4v) is 5.23. The van der Waals surface area contributed by atoms with Crippen molar-refractivity contribution < 1.29 is 34.9 Å². The lowest BCUT2D eigenvalue weighted by atomic mass is 10.1. The number of esters is 2. The Kier molecular flexibility index (Phi) is 24.6. The van der Waals surface area contributed by atoms with Gasteiger partial charge in [-0.25, -0.2) is 4.99 Å². The highest BCUT2D eigenvalue weighted by molar-refractivity contribution is 5.81. The van der Waals surface area contributed by atoms with Crippen LogP contribution in [-0.2, 0) is 23.9 Å². The molecule has 0 aromatic rings. The summed E-state index contributed by atoms with van der Waals surface area (Å²) in [5.74, 6) is -0.613. The molecule has 0 radical (unpaired) electrons. The number of unbranched alkanes of at least 4 members (excludes halogenated alkanes) is 16. The molecule has 0 fully saturated rings. The molecule has 1 atom stereocenters. The molecule has 1 aliphatic rings. The summed E-state index contributed by atoms with van der Waals surface area (Å²) in [6, 6.07) is -0.523. The van der Waals surface area contributed by atoms with Crippen LogP contribution in [0.15, 0.2) is 16.9 Å². The SMILES string of the molecule is CCCCCCCCCCCC(=O)OCCN(CCOC(=O)CCCCCCCCCCC)C(=O)C([NH3+])CC1=C[NH2+]C=N1. The molecule has 0 saturated carbocycles. The first-order valence-electron chi connectivity index (χ1n) is 17.5. The molecule has 1 rings (SSSR count). The third-order valence-electron chi connectivity index (χ3n) is 7.95. The van der Waals surface area contributed by atoms with E-state index in [0.29, 0.717) is 19.3 Å². The molecule has 0 aromatic heterocycles. The summed E-state index contributed by atoms with van der Waals surface area (Å²) in [4.78, 5) is 43.5. The van der Waals surface area contributed by atoms with Gasteiger partial charge in [-0.15, -0.1) is 0 Å². The van der Waals surface area contributed by atoms with Crippen LogP contribution in [0.25, 0.3) is 0 Å². The zero-order chi connectivity index (χ0) is 31.4. The second-order valence-corrected chi connectivity index (χ2v) is 12.0. The van der Waals surface area contributed by atoms with Gasteiger partial charge in [0.25, 0.3) is 5.91 Å². The Bertz CT molecular complexity index is 762. The standard InChI is InChI=1S/C34H62N4O5/c1-3-5-7-9-11-13-15-17-19-21-32(39)42-25-23-38(34(41)31(35)27-30-28-36-29-37-30)24-26-43-33(40)22-20-18-16-14-12-10-8-6-4-2/h28-29,31H,3-27,35H2,1-2H3,(H,36,37)/p+2. The molecule has 0 spiro atoms. The number of nitrogens with zero attached hydrogens (tertiary/aromatic N) is 2. The van der Waals surface area contributed by atoms with Crippen molar-refractivity contribution in [2.75, 3.05) is 26.3 Å². The van der Waals surface area contributed by atoms with Gasteiger partial charge in [0, 0.05) is 12.8 Å². The number of hydrogen-bond acceptors (Lipinski definition) is 6. The van der Waals surface area contributed by atoms with E-state index in [0.717, 1.165) is 44.2 Å². The van der Waals surface area contributed by atoms with Gasteiger partial charge in [-0.3, -0.25) is 19.7 Å². The van der Waals surface area contributed by atoms with E-state index in [1.54, 1.807) is 11.2 Å². The Hall–Kier alpha value is -2.26. The highest BCUT2D eigenvalue weighted by Crippen LogP contribution is 2.12. The van der Waals surface area contributed by atoms with Gasteiger partial charge >= 0.3 is 11.9 Å². The Morgan fingerprint density at radius 2 is 1.14 bits per heavy atom. The Labute approximate surface area is 261 Å². The summed E-state index contributed by atoms with van der Waals surface area (Å²) < 4.78 is 10.9. The van der Waals surface area contributed by atoms with Crippen LogP contribution in [0, 0.1) is 0 Å². The molecule has 1 heterocycles. The van der Waals surface area contributed by atoms with Crippen LogP contribution in [0.5, 0.6) is 0 Å². The fraction of sp³-hybridized carbons (Fsp3) is 0.824. The second kappa shape index (κ2) is 27.3. The van der Waals surface area contributed by atoms with Crippen molar-refractivity contribution in [2.45, 2.75) is 155 Å². The quantitative estimate of drug-likeness (QED) is 0.0892. The van der Waals surface area contributed by atoms with Gasteiger partial charge in [0.15, 0.2) is 12.4 Å². The first-order valence-corrected chi connectivity index (χ1v) is 17.5. The molecule has 0 saturated heterocycles. The van der Waals surface area contributed by atoms with Gasteiger partial charge in [0.1, 0.15) is 25.1 Å². The molecule has 1 amide bonds. The minimum Gasteiger partial charge on any atom is -0.464 e. The van der Waals surface area contributed by atoms with Gasteiger partial charge in [-0.1, -0.05) is 117 Å². The summed E-state index contributed by atoms with van der Waals surface area (Å²) in [5.41, 5.74) is 4.86. The van der Waals surface area contributed by atoms with Crippen LogP contribution < -0.4 is 11.1 Å². The minimum absolute atomic E-state index is 0.121. The van der Waals surface area contributed by atoms with Gasteiger partial charge in [-0.2, -0.15) is 0 Å². The van der Waals surface area contributed by atoms with Crippen molar-refractivity contribution in [1.29, 1.82) is 0 Å². The van der Waals surface area contributed by atoms with E-state index < -0.39 is 6.04 Å². The Morgan fingerprint density at radius 1 is 0.721 bits per heavy atom. The topological polar surface area (TPSA) is 130 Å². The summed E-state index contributed by atoms with van der Waals surface area (Å²) in [7, 11) is 0. The van der Waals surface area contributed by atoms with E-state index in [9.17, 15) is 14.4 Å². The maximum Gasteiger partial charge on any atom is 0.305 e. The molecule has 9 nitrogen and oxygen atoms in total. The van der Waals surface area contributed by atoms with Crippen molar-refractivity contribution in [3.8, 4) is 0 Å². The molecule has 43 heavy (non-hydrogen) atoms. The van der Waals surface area contributed by atoms with Crippen molar-refractivity contribution in [3.63, 3.8) is 0 Å². The molecular weight excluding hydrogens is 544 g/mol. The smallest absolute Gasteiger partial charge is 0.305 e. The third-order valence-corrected chi connectivity index (χ3v) is 7.95. The summed E-state index contributed by atoms with van der Waals surface area (Å²) in [6.07, 6.45) is 26.3. The molecule has 0 aliphatic carbocycles. The van der Waals surface area contributed by atoms with Gasteiger partial charge < -0.3 is 20.1 Å². The predicted octanol–water partition coefficient (Wildman–Crippen LogP) is 5.19. The molecular formula is C34H64N4O5+2. The van der Waals surface area contributed by atoms with E-state index in [-0.39, 0.29) is 44.1 Å². The number of ether oxygens (including phenoxy) is 2. The average Bonchev–Trinajstić information content (AvgIpc) is 3.51. The fourth-order valence-electron chi connectivity index (χ4n) is 5.23. The van der Waals surface area contributed by atoms with Gasteiger partial charge in [0.05, 0.1) is 19.5 Å². The summed E-state index contributed by atoms with van der Waals surface area (Å²) in [6.45, 7) is 5.20. The maximum atomic E-state index is 13.2. The van der Waals surface area contributed by atoms with E-state index in [4.69, 9.17) is 9.47 Å². The van der Waals surface area contributed by atoms with Crippen molar-refractivity contribution in [3.05, 3.63) is 11.9 Å². The Balaban J connectivity index is 2.32. The normalized spacial score (nSPS) is 13.1. The number of carbonyl (C=O) groups excluding carboxylic acids is 3. The van der Waals surface area contributed by atoms with E-state index >= 15 is 0 Å². The second-order valence-electron chi connectivity index (χ2n) is 12.0. The van der Waals surface area contributed by atoms with Crippen LogP contribution in [0.3, 0.4) is 0 Å². The number of carbonyl (C=O) groups is 3. The van der Waals surface area contributed by atoms with Crippen LogP contribution in [-0.4, -0.2) is 61.4 Å². The van der Waals surface area contributed by atoms with E-state index in [2.05, 4.69) is 24.6 Å². The molecule has 0 bridgehead atoms. The van der Waals surface area contributed by atoms with Crippen LogP contribution in [0.1, 0.15) is 149 Å². The number of aliphatic imine (C=N–C) groups is 1. The lowest BCUT2D eigenvalue weighted by Gasteiger charge is -2.24. The number of amides is 1. The van der Waals surface area contributed by atoms with Gasteiger partial charge in [0.2, 0.25) is 0 Å². The molecule has 0 aromatic carbocycles. The number of rotatable bonds is 29. The zero-order valence-electron chi connectivity index (χ0n) is 27.6. The monoisotopic (exact) mass is 608 g/mol. The maximum absolute atomic E-state index is 13.2. The number of quaternary nitrogens is 2.